The Labute approximate surface area is 115 Å². The van der Waals surface area contributed by atoms with Gasteiger partial charge in [-0.1, -0.05) is 13.8 Å². The van der Waals surface area contributed by atoms with E-state index in [-0.39, 0.29) is 0 Å². The lowest BCUT2D eigenvalue weighted by Gasteiger charge is -2.17. The van der Waals surface area contributed by atoms with Gasteiger partial charge < -0.3 is 14.6 Å². The van der Waals surface area contributed by atoms with Crippen LogP contribution < -0.4 is 4.74 Å². The van der Waals surface area contributed by atoms with Crippen molar-refractivity contribution in [2.24, 2.45) is 0 Å². The predicted octanol–water partition coefficient (Wildman–Crippen LogP) is 3.45. The highest BCUT2D eigenvalue weighted by molar-refractivity contribution is 5.81. The summed E-state index contributed by atoms with van der Waals surface area (Å²) in [7, 11) is 1.71. The molecule has 0 aliphatic carbocycles. The van der Waals surface area contributed by atoms with Crippen LogP contribution in [0, 0.1) is 0 Å². The fraction of sp³-hybridized carbons (Fsp3) is 0.500. The second kappa shape index (κ2) is 6.62. The number of rotatable bonds is 7. The third-order valence-corrected chi connectivity index (χ3v) is 3.70. The van der Waals surface area contributed by atoms with E-state index in [9.17, 15) is 0 Å². The Morgan fingerprint density at radius 2 is 1.95 bits per heavy atom. The summed E-state index contributed by atoms with van der Waals surface area (Å²) in [6, 6.07) is 8.40. The van der Waals surface area contributed by atoms with E-state index in [0.717, 1.165) is 25.3 Å². The van der Waals surface area contributed by atoms with E-state index < -0.39 is 0 Å². The van der Waals surface area contributed by atoms with E-state index in [0.29, 0.717) is 0 Å². The van der Waals surface area contributed by atoms with Gasteiger partial charge in [0.2, 0.25) is 0 Å². The Morgan fingerprint density at radius 3 is 2.63 bits per heavy atom. The number of aromatic amines is 1. The van der Waals surface area contributed by atoms with Crippen molar-refractivity contribution in [2.75, 3.05) is 26.7 Å². The first-order valence-corrected chi connectivity index (χ1v) is 7.14. The number of hydrogen-bond acceptors (Lipinski definition) is 2. The molecule has 1 aromatic heterocycles. The summed E-state index contributed by atoms with van der Waals surface area (Å²) < 4.78 is 5.25. The second-order valence-corrected chi connectivity index (χ2v) is 4.88. The lowest BCUT2D eigenvalue weighted by atomic mass is 10.2. The van der Waals surface area contributed by atoms with Crippen molar-refractivity contribution < 1.29 is 4.74 Å². The SMILES string of the molecule is CCN(CC)CCCc1cc2cc(OC)ccc2[nH]1. The Balaban J connectivity index is 1.97. The summed E-state index contributed by atoms with van der Waals surface area (Å²) in [5.41, 5.74) is 2.51. The minimum atomic E-state index is 0.918. The number of hydrogen-bond donors (Lipinski definition) is 1. The molecule has 0 fully saturated rings. The molecule has 0 saturated heterocycles. The summed E-state index contributed by atoms with van der Waals surface area (Å²) in [6.45, 7) is 7.89. The molecule has 19 heavy (non-hydrogen) atoms. The maximum absolute atomic E-state index is 5.25. The molecule has 0 amide bonds. The molecular formula is C16H24N2O. The van der Waals surface area contributed by atoms with Crippen LogP contribution in [0.25, 0.3) is 10.9 Å². The topological polar surface area (TPSA) is 28.3 Å². The van der Waals surface area contributed by atoms with Gasteiger partial charge >= 0.3 is 0 Å². The smallest absolute Gasteiger partial charge is 0.119 e. The number of nitrogens with one attached hydrogen (secondary N) is 1. The van der Waals surface area contributed by atoms with Crippen molar-refractivity contribution in [2.45, 2.75) is 26.7 Å². The van der Waals surface area contributed by atoms with E-state index in [1.54, 1.807) is 7.11 Å². The molecule has 0 atom stereocenters. The molecule has 1 N–H and O–H groups in total. The molecule has 0 aliphatic heterocycles. The monoisotopic (exact) mass is 260 g/mol. The number of H-pyrrole nitrogens is 1. The van der Waals surface area contributed by atoms with Crippen LogP contribution in [-0.4, -0.2) is 36.6 Å². The van der Waals surface area contributed by atoms with Gasteiger partial charge in [0.1, 0.15) is 5.75 Å². The Kier molecular flexibility index (Phi) is 4.86. The molecule has 0 aliphatic rings. The van der Waals surface area contributed by atoms with Crippen LogP contribution in [0.15, 0.2) is 24.3 Å². The van der Waals surface area contributed by atoms with Crippen molar-refractivity contribution in [3.63, 3.8) is 0 Å². The number of aryl methyl sites for hydroxylation is 1. The molecule has 1 heterocycles. The minimum absolute atomic E-state index is 0.918. The van der Waals surface area contributed by atoms with Gasteiger partial charge in [-0.05, 0) is 56.7 Å². The standard InChI is InChI=1S/C16H24N2O/c1-4-18(5-2)10-6-7-14-11-13-12-15(19-3)8-9-16(13)17-14/h8-9,11-12,17H,4-7,10H2,1-3H3. The van der Waals surface area contributed by atoms with Crippen molar-refractivity contribution in [1.82, 2.24) is 9.88 Å². The molecule has 3 heteroatoms. The molecule has 3 nitrogen and oxygen atoms in total. The number of aromatic nitrogens is 1. The summed E-state index contributed by atoms with van der Waals surface area (Å²) in [4.78, 5) is 5.95. The third-order valence-electron chi connectivity index (χ3n) is 3.70. The third kappa shape index (κ3) is 3.51. The molecule has 2 rings (SSSR count). The average molecular weight is 260 g/mol. The molecule has 0 unspecified atom stereocenters. The lowest BCUT2D eigenvalue weighted by Crippen LogP contribution is -2.24. The molecule has 1 aromatic carbocycles. The number of nitrogens with zero attached hydrogens (tertiary/aromatic N) is 1. The van der Waals surface area contributed by atoms with Crippen LogP contribution in [0.1, 0.15) is 26.0 Å². The average Bonchev–Trinajstić information content (AvgIpc) is 2.85. The summed E-state index contributed by atoms with van der Waals surface area (Å²) in [5, 5.41) is 1.23. The summed E-state index contributed by atoms with van der Waals surface area (Å²) in [6.07, 6.45) is 2.30. The number of benzene rings is 1. The molecule has 0 spiro atoms. The minimum Gasteiger partial charge on any atom is -0.497 e. The van der Waals surface area contributed by atoms with Gasteiger partial charge in [-0.3, -0.25) is 0 Å². The van der Waals surface area contributed by atoms with Gasteiger partial charge in [0.15, 0.2) is 0 Å². The fourth-order valence-electron chi connectivity index (χ4n) is 2.47. The number of methoxy groups -OCH3 is 1. The van der Waals surface area contributed by atoms with E-state index in [1.165, 1.54) is 29.6 Å². The molecule has 104 valence electrons. The maximum atomic E-state index is 5.25. The zero-order valence-electron chi connectivity index (χ0n) is 12.2. The van der Waals surface area contributed by atoms with E-state index >= 15 is 0 Å². The number of ether oxygens (including phenoxy) is 1. The van der Waals surface area contributed by atoms with Gasteiger partial charge in [-0.25, -0.2) is 0 Å². The van der Waals surface area contributed by atoms with Gasteiger partial charge in [0, 0.05) is 16.6 Å². The fourth-order valence-corrected chi connectivity index (χ4v) is 2.47. The van der Waals surface area contributed by atoms with Crippen LogP contribution >= 0.6 is 0 Å². The molecule has 2 aromatic rings. The van der Waals surface area contributed by atoms with Gasteiger partial charge in [0.25, 0.3) is 0 Å². The van der Waals surface area contributed by atoms with Crippen LogP contribution in [-0.2, 0) is 6.42 Å². The first-order valence-electron chi connectivity index (χ1n) is 7.14. The van der Waals surface area contributed by atoms with Crippen molar-refractivity contribution in [1.29, 1.82) is 0 Å². The molecule has 0 radical (unpaired) electrons. The van der Waals surface area contributed by atoms with Crippen LogP contribution in [0.4, 0.5) is 0 Å². The molecule has 0 saturated carbocycles. The quantitative estimate of drug-likeness (QED) is 0.826. The molecule has 0 bridgehead atoms. The van der Waals surface area contributed by atoms with Gasteiger partial charge in [0.05, 0.1) is 7.11 Å². The highest BCUT2D eigenvalue weighted by atomic mass is 16.5. The highest BCUT2D eigenvalue weighted by Gasteiger charge is 2.04. The first kappa shape index (κ1) is 13.9. The maximum Gasteiger partial charge on any atom is 0.119 e. The van der Waals surface area contributed by atoms with Crippen molar-refractivity contribution in [3.8, 4) is 5.75 Å². The Morgan fingerprint density at radius 1 is 1.16 bits per heavy atom. The summed E-state index contributed by atoms with van der Waals surface area (Å²) in [5.74, 6) is 0.918. The first-order chi connectivity index (χ1) is 9.26. The van der Waals surface area contributed by atoms with Crippen molar-refractivity contribution in [3.05, 3.63) is 30.0 Å². The highest BCUT2D eigenvalue weighted by Crippen LogP contribution is 2.21. The lowest BCUT2D eigenvalue weighted by molar-refractivity contribution is 0.299. The predicted molar refractivity (Wildman–Crippen MR) is 81.0 cm³/mol. The molecular weight excluding hydrogens is 236 g/mol. The Bertz CT molecular complexity index is 514. The normalized spacial score (nSPS) is 11.4. The largest absolute Gasteiger partial charge is 0.497 e. The zero-order chi connectivity index (χ0) is 13.7. The van der Waals surface area contributed by atoms with E-state index in [1.807, 2.05) is 6.07 Å². The van der Waals surface area contributed by atoms with Crippen LogP contribution in [0.5, 0.6) is 5.75 Å². The van der Waals surface area contributed by atoms with Gasteiger partial charge in [-0.15, -0.1) is 0 Å². The number of fused-ring (bicyclic) bond motifs is 1. The van der Waals surface area contributed by atoms with Gasteiger partial charge in [-0.2, -0.15) is 0 Å². The zero-order valence-corrected chi connectivity index (χ0v) is 12.2. The van der Waals surface area contributed by atoms with Crippen molar-refractivity contribution >= 4 is 10.9 Å². The van der Waals surface area contributed by atoms with E-state index in [2.05, 4.69) is 41.9 Å². The Hall–Kier alpha value is -1.48. The van der Waals surface area contributed by atoms with Crippen LogP contribution in [0.2, 0.25) is 0 Å². The van der Waals surface area contributed by atoms with E-state index in [4.69, 9.17) is 4.74 Å². The van der Waals surface area contributed by atoms with Crippen LogP contribution in [0.3, 0.4) is 0 Å². The summed E-state index contributed by atoms with van der Waals surface area (Å²) >= 11 is 0. The second-order valence-electron chi connectivity index (χ2n) is 4.88.